The maximum absolute atomic E-state index is 12.5. The number of amides is 1. The van der Waals surface area contributed by atoms with Crippen LogP contribution in [0.1, 0.15) is 5.56 Å². The SMILES string of the molecule is COc1ccc(S(=O)(=O)Oc2cccc(/C=C(\C#N)C(=O)Nc3cccc(Cl)c3)c2)cc1. The number of ether oxygens (including phenoxy) is 1. The first-order valence-electron chi connectivity index (χ1n) is 9.18. The zero-order chi connectivity index (χ0) is 23.1. The highest BCUT2D eigenvalue weighted by atomic mass is 35.5. The standard InChI is InChI=1S/C23H17ClN2O5S/c1-30-20-8-10-22(11-9-20)32(28,29)31-21-7-2-4-16(13-21)12-17(15-25)23(27)26-19-6-3-5-18(24)14-19/h2-14H,1H3,(H,26,27)/b17-12+. The van der Waals surface area contributed by atoms with Crippen LogP contribution in [0, 0.1) is 11.3 Å². The maximum atomic E-state index is 12.5. The Morgan fingerprint density at radius 2 is 1.75 bits per heavy atom. The molecule has 0 radical (unpaired) electrons. The van der Waals surface area contributed by atoms with Crippen LogP contribution in [0.15, 0.2) is 83.3 Å². The summed E-state index contributed by atoms with van der Waals surface area (Å²) in [5.74, 6) is -0.0924. The molecule has 1 amide bonds. The van der Waals surface area contributed by atoms with Crippen LogP contribution >= 0.6 is 11.6 Å². The number of anilines is 1. The molecule has 0 atom stereocenters. The Balaban J connectivity index is 1.80. The number of methoxy groups -OCH3 is 1. The van der Waals surface area contributed by atoms with Gasteiger partial charge in [0.1, 0.15) is 28.0 Å². The summed E-state index contributed by atoms with van der Waals surface area (Å²) in [5.41, 5.74) is 0.664. The van der Waals surface area contributed by atoms with Gasteiger partial charge >= 0.3 is 10.1 Å². The number of carbonyl (C=O) groups excluding carboxylic acids is 1. The number of halogens is 1. The highest BCUT2D eigenvalue weighted by Crippen LogP contribution is 2.23. The number of carbonyl (C=O) groups is 1. The molecule has 0 unspecified atom stereocenters. The fourth-order valence-corrected chi connectivity index (χ4v) is 3.77. The molecule has 3 rings (SSSR count). The molecule has 32 heavy (non-hydrogen) atoms. The first-order chi connectivity index (χ1) is 15.3. The number of nitrogens with zero attached hydrogens (tertiary/aromatic N) is 1. The van der Waals surface area contributed by atoms with Gasteiger partial charge in [-0.3, -0.25) is 4.79 Å². The highest BCUT2D eigenvalue weighted by Gasteiger charge is 2.17. The summed E-state index contributed by atoms with van der Waals surface area (Å²) in [4.78, 5) is 12.4. The first kappa shape index (κ1) is 22.9. The van der Waals surface area contributed by atoms with Gasteiger partial charge in [-0.15, -0.1) is 0 Å². The lowest BCUT2D eigenvalue weighted by Gasteiger charge is -2.08. The molecular formula is C23H17ClN2O5S. The van der Waals surface area contributed by atoms with Crippen molar-refractivity contribution in [2.75, 3.05) is 12.4 Å². The molecule has 162 valence electrons. The largest absolute Gasteiger partial charge is 0.497 e. The van der Waals surface area contributed by atoms with Crippen molar-refractivity contribution < 1.29 is 22.1 Å². The van der Waals surface area contributed by atoms with Crippen molar-refractivity contribution in [3.05, 3.63) is 89.0 Å². The van der Waals surface area contributed by atoms with Crippen LogP contribution in [0.2, 0.25) is 5.02 Å². The number of nitrogens with one attached hydrogen (secondary N) is 1. The van der Waals surface area contributed by atoms with Gasteiger partial charge in [0.2, 0.25) is 0 Å². The van der Waals surface area contributed by atoms with Gasteiger partial charge in [0.05, 0.1) is 7.11 Å². The van der Waals surface area contributed by atoms with Crippen molar-refractivity contribution in [2.24, 2.45) is 0 Å². The Labute approximate surface area is 190 Å². The summed E-state index contributed by atoms with van der Waals surface area (Å²) in [6.07, 6.45) is 1.33. The monoisotopic (exact) mass is 468 g/mol. The second-order valence-electron chi connectivity index (χ2n) is 6.42. The summed E-state index contributed by atoms with van der Waals surface area (Å²) in [6, 6.07) is 20.1. The van der Waals surface area contributed by atoms with Crippen molar-refractivity contribution >= 4 is 39.4 Å². The van der Waals surface area contributed by atoms with E-state index in [9.17, 15) is 18.5 Å². The molecule has 0 aliphatic rings. The molecule has 0 aromatic heterocycles. The second-order valence-corrected chi connectivity index (χ2v) is 8.40. The predicted molar refractivity (Wildman–Crippen MR) is 121 cm³/mol. The van der Waals surface area contributed by atoms with E-state index in [2.05, 4.69) is 5.32 Å². The molecule has 9 heteroatoms. The molecule has 1 N–H and O–H groups in total. The summed E-state index contributed by atoms with van der Waals surface area (Å²) in [7, 11) is -2.61. The fraction of sp³-hybridized carbons (Fsp3) is 0.0435. The Morgan fingerprint density at radius 3 is 2.41 bits per heavy atom. The van der Waals surface area contributed by atoms with Crippen molar-refractivity contribution in [3.63, 3.8) is 0 Å². The Hall–Kier alpha value is -3.80. The van der Waals surface area contributed by atoms with Gasteiger partial charge in [-0.05, 0) is 66.2 Å². The van der Waals surface area contributed by atoms with Crippen LogP contribution in [-0.2, 0) is 14.9 Å². The summed E-state index contributed by atoms with van der Waals surface area (Å²) < 4.78 is 35.3. The predicted octanol–water partition coefficient (Wildman–Crippen LogP) is 4.66. The van der Waals surface area contributed by atoms with E-state index in [4.69, 9.17) is 20.5 Å². The van der Waals surface area contributed by atoms with E-state index in [1.807, 2.05) is 6.07 Å². The molecule has 0 saturated carbocycles. The van der Waals surface area contributed by atoms with Crippen molar-refractivity contribution in [2.45, 2.75) is 4.90 Å². The van der Waals surface area contributed by atoms with E-state index in [1.165, 1.54) is 49.6 Å². The Bertz CT molecular complexity index is 1310. The number of benzene rings is 3. The van der Waals surface area contributed by atoms with Crippen LogP contribution in [0.3, 0.4) is 0 Å². The molecule has 0 aliphatic heterocycles. The average molecular weight is 469 g/mol. The van der Waals surface area contributed by atoms with Crippen molar-refractivity contribution in [3.8, 4) is 17.6 Å². The smallest absolute Gasteiger partial charge is 0.339 e. The lowest BCUT2D eigenvalue weighted by atomic mass is 10.1. The van der Waals surface area contributed by atoms with Crippen molar-refractivity contribution in [1.29, 1.82) is 5.26 Å². The third-order valence-corrected chi connectivity index (χ3v) is 5.67. The normalized spacial score (nSPS) is 11.3. The molecule has 3 aromatic carbocycles. The van der Waals surface area contributed by atoms with Crippen LogP contribution < -0.4 is 14.2 Å². The number of hydrogen-bond acceptors (Lipinski definition) is 6. The lowest BCUT2D eigenvalue weighted by Crippen LogP contribution is -2.13. The Kier molecular flexibility index (Phi) is 7.15. The van der Waals surface area contributed by atoms with E-state index in [-0.39, 0.29) is 16.2 Å². The molecule has 0 aliphatic carbocycles. The van der Waals surface area contributed by atoms with Gasteiger partial charge in [0.15, 0.2) is 0 Å². The van der Waals surface area contributed by atoms with E-state index < -0.39 is 16.0 Å². The van der Waals surface area contributed by atoms with Gasteiger partial charge in [-0.1, -0.05) is 29.8 Å². The highest BCUT2D eigenvalue weighted by molar-refractivity contribution is 7.87. The summed E-state index contributed by atoms with van der Waals surface area (Å²) in [5, 5.41) is 12.4. The molecule has 0 spiro atoms. The third kappa shape index (κ3) is 5.88. The fourth-order valence-electron chi connectivity index (χ4n) is 2.65. The van der Waals surface area contributed by atoms with Gasteiger partial charge in [-0.2, -0.15) is 13.7 Å². The van der Waals surface area contributed by atoms with Gasteiger partial charge in [0, 0.05) is 10.7 Å². The molecule has 0 fully saturated rings. The minimum absolute atomic E-state index is 0.0297. The summed E-state index contributed by atoms with van der Waals surface area (Å²) in [6.45, 7) is 0. The zero-order valence-corrected chi connectivity index (χ0v) is 18.4. The number of rotatable bonds is 7. The topological polar surface area (TPSA) is 105 Å². The van der Waals surface area contributed by atoms with Gasteiger partial charge < -0.3 is 14.2 Å². The molecular weight excluding hydrogens is 452 g/mol. The van der Waals surface area contributed by atoms with Crippen LogP contribution in [0.25, 0.3) is 6.08 Å². The van der Waals surface area contributed by atoms with E-state index >= 15 is 0 Å². The molecule has 0 heterocycles. The maximum Gasteiger partial charge on any atom is 0.339 e. The molecule has 3 aromatic rings. The third-order valence-electron chi connectivity index (χ3n) is 4.17. The minimum atomic E-state index is -4.08. The first-order valence-corrected chi connectivity index (χ1v) is 11.0. The van der Waals surface area contributed by atoms with E-state index in [1.54, 1.807) is 36.4 Å². The summed E-state index contributed by atoms with van der Waals surface area (Å²) >= 11 is 5.90. The number of nitriles is 1. The van der Waals surface area contributed by atoms with Crippen LogP contribution in [-0.4, -0.2) is 21.4 Å². The molecule has 0 bridgehead atoms. The van der Waals surface area contributed by atoms with E-state index in [0.29, 0.717) is 22.0 Å². The Morgan fingerprint density at radius 1 is 1.03 bits per heavy atom. The quantitative estimate of drug-likeness (QED) is 0.307. The van der Waals surface area contributed by atoms with Crippen LogP contribution in [0.5, 0.6) is 11.5 Å². The zero-order valence-electron chi connectivity index (χ0n) is 16.8. The van der Waals surface area contributed by atoms with E-state index in [0.717, 1.165) is 0 Å². The molecule has 0 saturated heterocycles. The van der Waals surface area contributed by atoms with Gasteiger partial charge in [-0.25, -0.2) is 0 Å². The lowest BCUT2D eigenvalue weighted by molar-refractivity contribution is -0.112. The second kappa shape index (κ2) is 10.0. The average Bonchev–Trinajstić information content (AvgIpc) is 2.77. The van der Waals surface area contributed by atoms with Crippen LogP contribution in [0.4, 0.5) is 5.69 Å². The van der Waals surface area contributed by atoms with Gasteiger partial charge in [0.25, 0.3) is 5.91 Å². The number of hydrogen-bond donors (Lipinski definition) is 1. The van der Waals surface area contributed by atoms with Crippen molar-refractivity contribution in [1.82, 2.24) is 0 Å². The minimum Gasteiger partial charge on any atom is -0.497 e. The molecule has 7 nitrogen and oxygen atoms in total.